The lowest BCUT2D eigenvalue weighted by molar-refractivity contribution is -0.137. The van der Waals surface area contributed by atoms with Gasteiger partial charge in [-0.2, -0.15) is 23.1 Å². The number of fused-ring (bicyclic) bond motifs is 5. The molecule has 45 heavy (non-hydrogen) atoms. The highest BCUT2D eigenvalue weighted by Crippen LogP contribution is 2.49. The van der Waals surface area contributed by atoms with Crippen molar-refractivity contribution >= 4 is 55.0 Å². The number of ether oxygens (including phenoxy) is 1. The van der Waals surface area contributed by atoms with Crippen LogP contribution in [0.1, 0.15) is 37.7 Å². The summed E-state index contributed by atoms with van der Waals surface area (Å²) in [5.74, 6) is -0.327. The molecule has 4 fully saturated rings. The molecule has 4 aliphatic heterocycles. The summed E-state index contributed by atoms with van der Waals surface area (Å²) >= 11 is 7.80. The van der Waals surface area contributed by atoms with Gasteiger partial charge in [0.1, 0.15) is 24.4 Å². The predicted molar refractivity (Wildman–Crippen MR) is 163 cm³/mol. The van der Waals surface area contributed by atoms with Gasteiger partial charge in [0, 0.05) is 54.7 Å². The van der Waals surface area contributed by atoms with E-state index < -0.39 is 29.3 Å². The van der Waals surface area contributed by atoms with E-state index in [2.05, 4.69) is 25.1 Å². The summed E-state index contributed by atoms with van der Waals surface area (Å²) < 4.78 is 80.1. The van der Waals surface area contributed by atoms with E-state index >= 15 is 0 Å². The fraction of sp³-hybridized carbons (Fsp3) is 0.500. The minimum absolute atomic E-state index is 0.0103. The Morgan fingerprint density at radius 1 is 1.13 bits per heavy atom. The Morgan fingerprint density at radius 2 is 1.91 bits per heavy atom. The molecule has 3 N–H and O–H groups in total. The lowest BCUT2D eigenvalue weighted by atomic mass is 9.95. The Labute approximate surface area is 263 Å². The van der Waals surface area contributed by atoms with E-state index in [9.17, 15) is 22.0 Å². The molecule has 0 spiro atoms. The summed E-state index contributed by atoms with van der Waals surface area (Å²) in [6.45, 7) is 2.59. The fourth-order valence-corrected chi connectivity index (χ4v) is 9.02. The van der Waals surface area contributed by atoms with Crippen LogP contribution in [0.4, 0.5) is 32.9 Å². The number of nitrogens with zero attached hydrogens (tertiary/aromatic N) is 5. The van der Waals surface area contributed by atoms with Gasteiger partial charge in [0.15, 0.2) is 5.13 Å². The highest BCUT2D eigenvalue weighted by Gasteiger charge is 2.49. The molecule has 238 valence electrons. The summed E-state index contributed by atoms with van der Waals surface area (Å²) in [4.78, 5) is 17.7. The molecule has 2 unspecified atom stereocenters. The molecule has 0 aliphatic carbocycles. The molecule has 4 saturated heterocycles. The van der Waals surface area contributed by atoms with Crippen LogP contribution in [0.25, 0.3) is 32.2 Å². The molecule has 8 rings (SSSR count). The van der Waals surface area contributed by atoms with Crippen molar-refractivity contribution in [1.82, 2.24) is 25.2 Å². The second kappa shape index (κ2) is 10.5. The van der Waals surface area contributed by atoms with E-state index in [0.717, 1.165) is 55.7 Å². The average Bonchev–Trinajstić information content (AvgIpc) is 3.71. The number of rotatable bonds is 5. The van der Waals surface area contributed by atoms with Crippen molar-refractivity contribution in [3.8, 4) is 17.1 Å². The van der Waals surface area contributed by atoms with Crippen molar-refractivity contribution in [3.63, 3.8) is 0 Å². The van der Waals surface area contributed by atoms with Crippen LogP contribution in [0.2, 0.25) is 5.02 Å². The van der Waals surface area contributed by atoms with Crippen LogP contribution in [0, 0.1) is 5.82 Å². The number of alkyl halides is 4. The van der Waals surface area contributed by atoms with Crippen LogP contribution in [0.15, 0.2) is 18.2 Å². The molecule has 4 aliphatic rings. The maximum absolute atomic E-state index is 14.9. The van der Waals surface area contributed by atoms with Crippen molar-refractivity contribution in [2.75, 3.05) is 43.4 Å². The van der Waals surface area contributed by atoms with Gasteiger partial charge in [0.25, 0.3) is 0 Å². The number of nitrogen functional groups attached to an aromatic ring is 1. The first kappa shape index (κ1) is 29.3. The second-order valence-corrected chi connectivity index (χ2v) is 13.9. The summed E-state index contributed by atoms with van der Waals surface area (Å²) in [5, 5.41) is 3.27. The maximum atomic E-state index is 14.9. The Bertz CT molecular complexity index is 1820. The number of hydrogen-bond acceptors (Lipinski definition) is 9. The molecule has 2 bridgehead atoms. The average molecular weight is 666 g/mol. The Kier molecular flexibility index (Phi) is 6.83. The lowest BCUT2D eigenvalue weighted by Gasteiger charge is -2.37. The molecule has 4 aromatic rings. The Hall–Kier alpha value is -3.07. The second-order valence-electron chi connectivity index (χ2n) is 12.5. The van der Waals surface area contributed by atoms with Gasteiger partial charge in [0.05, 0.1) is 31.9 Å². The molecular weight excluding hydrogens is 637 g/mol. The number of hydrogen-bond donors (Lipinski definition) is 2. The van der Waals surface area contributed by atoms with Crippen molar-refractivity contribution in [3.05, 3.63) is 34.6 Å². The van der Waals surface area contributed by atoms with Gasteiger partial charge in [-0.1, -0.05) is 22.9 Å². The third-order valence-corrected chi connectivity index (χ3v) is 11.1. The molecule has 0 amide bonds. The lowest BCUT2D eigenvalue weighted by Crippen LogP contribution is -2.52. The number of nitrogens with one attached hydrogen (secondary N) is 1. The predicted octanol–water partition coefficient (Wildman–Crippen LogP) is 6.20. The third kappa shape index (κ3) is 4.70. The van der Waals surface area contributed by atoms with Crippen molar-refractivity contribution in [2.45, 2.75) is 62.1 Å². The SMILES string of the molecule is Nc1nc2c(-c3c(C(F)(F)F)cc4c(N5C6CCC5CNC6)nc(OC[C@@]56CCCN5C[C@H](F)C6)nc4c3Cl)ccc(F)c2s1. The largest absolute Gasteiger partial charge is 0.461 e. The molecule has 6 heterocycles. The normalized spacial score (nSPS) is 26.8. The first-order chi connectivity index (χ1) is 21.5. The van der Waals surface area contributed by atoms with Crippen LogP contribution in [0.5, 0.6) is 6.01 Å². The first-order valence-electron chi connectivity index (χ1n) is 15.0. The van der Waals surface area contributed by atoms with Crippen LogP contribution in [-0.4, -0.2) is 76.4 Å². The highest BCUT2D eigenvalue weighted by molar-refractivity contribution is 7.22. The molecule has 2 aromatic heterocycles. The Morgan fingerprint density at radius 3 is 2.67 bits per heavy atom. The number of halogens is 6. The number of piperazine rings is 1. The number of benzene rings is 2. The summed E-state index contributed by atoms with van der Waals surface area (Å²) in [6, 6.07) is 3.35. The zero-order valence-electron chi connectivity index (χ0n) is 23.9. The molecule has 0 radical (unpaired) electrons. The highest BCUT2D eigenvalue weighted by atomic mass is 35.5. The molecule has 4 atom stereocenters. The van der Waals surface area contributed by atoms with E-state index in [1.54, 1.807) is 0 Å². The van der Waals surface area contributed by atoms with Gasteiger partial charge in [-0.25, -0.2) is 13.8 Å². The third-order valence-electron chi connectivity index (χ3n) is 9.83. The summed E-state index contributed by atoms with van der Waals surface area (Å²) in [5.41, 5.74) is 4.04. The molecule has 2 aromatic carbocycles. The molecule has 0 saturated carbocycles. The minimum atomic E-state index is -4.83. The van der Waals surface area contributed by atoms with E-state index in [4.69, 9.17) is 27.1 Å². The first-order valence-corrected chi connectivity index (χ1v) is 16.2. The van der Waals surface area contributed by atoms with Crippen LogP contribution >= 0.6 is 22.9 Å². The maximum Gasteiger partial charge on any atom is 0.417 e. The molecule has 15 heteroatoms. The topological polar surface area (TPSA) is 92.4 Å². The number of aromatic nitrogens is 3. The number of thiazole rings is 1. The monoisotopic (exact) mass is 665 g/mol. The van der Waals surface area contributed by atoms with Gasteiger partial charge < -0.3 is 20.7 Å². The van der Waals surface area contributed by atoms with Crippen LogP contribution in [-0.2, 0) is 6.18 Å². The molecular formula is C30H29ClF5N7OS. The van der Waals surface area contributed by atoms with Crippen LogP contribution in [0.3, 0.4) is 0 Å². The van der Waals surface area contributed by atoms with Gasteiger partial charge >= 0.3 is 12.2 Å². The fourth-order valence-electron chi connectivity index (χ4n) is 7.91. The quantitative estimate of drug-likeness (QED) is 0.244. The van der Waals surface area contributed by atoms with Crippen molar-refractivity contribution < 1.29 is 26.7 Å². The Balaban J connectivity index is 1.34. The number of nitrogens with two attached hydrogens (primary N) is 1. The number of anilines is 2. The van der Waals surface area contributed by atoms with Crippen LogP contribution < -0.4 is 20.7 Å². The van der Waals surface area contributed by atoms with Crippen molar-refractivity contribution in [2.24, 2.45) is 0 Å². The zero-order chi connectivity index (χ0) is 31.2. The van der Waals surface area contributed by atoms with Gasteiger partial charge in [0.2, 0.25) is 0 Å². The standard InChI is InChI=1S/C30H29ClF5N7OS/c31-22-21(17-4-5-20(33)25-24(17)39-27(37)45-25)19(30(34,35)36)8-18-23(22)40-28(41-26(18)43-15-2-3-16(43)11-38-10-15)44-13-29-6-1-7-42(29)12-14(32)9-29/h4-5,8,14-16,38H,1-3,6-7,9-13H2,(H2,37,39)/t14-,15?,16?,29+/m1/s1. The van der Waals surface area contributed by atoms with E-state index in [1.165, 1.54) is 6.07 Å². The van der Waals surface area contributed by atoms with Gasteiger partial charge in [-0.05, 0) is 50.4 Å². The molecule has 8 nitrogen and oxygen atoms in total. The smallest absolute Gasteiger partial charge is 0.417 e. The van der Waals surface area contributed by atoms with E-state index in [-0.39, 0.29) is 67.1 Å². The minimum Gasteiger partial charge on any atom is -0.461 e. The summed E-state index contributed by atoms with van der Waals surface area (Å²) in [6.07, 6.45) is -2.05. The van der Waals surface area contributed by atoms with E-state index in [0.29, 0.717) is 31.9 Å². The van der Waals surface area contributed by atoms with Crippen molar-refractivity contribution in [1.29, 1.82) is 0 Å². The van der Waals surface area contributed by atoms with Gasteiger partial charge in [-0.15, -0.1) is 0 Å². The zero-order valence-corrected chi connectivity index (χ0v) is 25.5. The summed E-state index contributed by atoms with van der Waals surface area (Å²) in [7, 11) is 0. The van der Waals surface area contributed by atoms with E-state index in [1.807, 2.05) is 0 Å². The van der Waals surface area contributed by atoms with Gasteiger partial charge in [-0.3, -0.25) is 4.90 Å².